The van der Waals surface area contributed by atoms with E-state index in [0.29, 0.717) is 37.1 Å². The molecule has 0 radical (unpaired) electrons. The van der Waals surface area contributed by atoms with Crippen LogP contribution in [0.3, 0.4) is 0 Å². The van der Waals surface area contributed by atoms with Gasteiger partial charge in [0.2, 0.25) is 5.88 Å². The lowest BCUT2D eigenvalue weighted by molar-refractivity contribution is 0.307. The number of pyridine rings is 1. The minimum Gasteiger partial charge on any atom is -0.476 e. The van der Waals surface area contributed by atoms with Gasteiger partial charge in [0.25, 0.3) is 0 Å². The molecule has 0 aliphatic rings. The highest BCUT2D eigenvalue weighted by Crippen LogP contribution is 2.24. The summed E-state index contributed by atoms with van der Waals surface area (Å²) in [6.07, 6.45) is 1.39. The highest BCUT2D eigenvalue weighted by molar-refractivity contribution is 5.54. The Morgan fingerprint density at radius 1 is 1.45 bits per heavy atom. The third-order valence-electron chi connectivity index (χ3n) is 2.72. The molecule has 0 fully saturated rings. The van der Waals surface area contributed by atoms with Gasteiger partial charge in [-0.25, -0.2) is 0 Å². The Balaban J connectivity index is 2.91. The van der Waals surface area contributed by atoms with E-state index in [-0.39, 0.29) is 0 Å². The van der Waals surface area contributed by atoms with Crippen LogP contribution < -0.4 is 15.4 Å². The molecule has 0 spiro atoms. The van der Waals surface area contributed by atoms with Crippen LogP contribution in [0.2, 0.25) is 0 Å². The van der Waals surface area contributed by atoms with Crippen molar-refractivity contribution in [3.8, 4) is 11.9 Å². The number of anilines is 2. The van der Waals surface area contributed by atoms with Crippen LogP contribution in [0.25, 0.3) is 0 Å². The molecule has 1 aromatic heterocycles. The average Bonchev–Trinajstić information content (AvgIpc) is 2.42. The molecule has 0 atom stereocenters. The summed E-state index contributed by atoms with van der Waals surface area (Å²) in [6, 6.07) is 5.87. The summed E-state index contributed by atoms with van der Waals surface area (Å²) in [4.78, 5) is 6.59. The molecule has 0 aromatic carbocycles. The van der Waals surface area contributed by atoms with E-state index >= 15 is 0 Å². The zero-order chi connectivity index (χ0) is 15.0. The lowest BCUT2D eigenvalue weighted by atomic mass is 10.2. The SMILES string of the molecule is CCCOc1nc(N(CCC#N)CC(C)C)ccc1N. The highest BCUT2D eigenvalue weighted by Gasteiger charge is 2.12. The Morgan fingerprint density at radius 2 is 2.20 bits per heavy atom. The van der Waals surface area contributed by atoms with E-state index in [1.165, 1.54) is 0 Å². The molecule has 0 saturated carbocycles. The predicted octanol–water partition coefficient (Wildman–Crippen LogP) is 2.83. The fourth-order valence-electron chi connectivity index (χ4n) is 1.86. The van der Waals surface area contributed by atoms with Gasteiger partial charge in [0.15, 0.2) is 0 Å². The normalized spacial score (nSPS) is 10.3. The number of hydrogen-bond donors (Lipinski definition) is 1. The molecule has 0 aliphatic heterocycles. The number of nitrogens with two attached hydrogens (primary N) is 1. The van der Waals surface area contributed by atoms with E-state index in [2.05, 4.69) is 29.8 Å². The van der Waals surface area contributed by atoms with E-state index in [4.69, 9.17) is 15.7 Å². The summed E-state index contributed by atoms with van der Waals surface area (Å²) < 4.78 is 5.56. The lowest BCUT2D eigenvalue weighted by Crippen LogP contribution is -2.29. The van der Waals surface area contributed by atoms with Crippen LogP contribution in [0, 0.1) is 17.2 Å². The summed E-state index contributed by atoms with van der Waals surface area (Å²) in [5, 5.41) is 8.77. The van der Waals surface area contributed by atoms with Crippen molar-refractivity contribution in [2.75, 3.05) is 30.3 Å². The molecule has 0 bridgehead atoms. The maximum absolute atomic E-state index is 8.77. The van der Waals surface area contributed by atoms with Crippen LogP contribution in [0.15, 0.2) is 12.1 Å². The molecule has 5 heteroatoms. The monoisotopic (exact) mass is 276 g/mol. The van der Waals surface area contributed by atoms with Crippen molar-refractivity contribution in [2.45, 2.75) is 33.6 Å². The fraction of sp³-hybridized carbons (Fsp3) is 0.600. The van der Waals surface area contributed by atoms with Crippen LogP contribution in [0.1, 0.15) is 33.6 Å². The van der Waals surface area contributed by atoms with Crippen LogP contribution in [-0.2, 0) is 0 Å². The Labute approximate surface area is 121 Å². The van der Waals surface area contributed by atoms with Crippen molar-refractivity contribution in [2.24, 2.45) is 5.92 Å². The topological polar surface area (TPSA) is 75.2 Å². The number of aromatic nitrogens is 1. The first-order valence-electron chi connectivity index (χ1n) is 7.09. The number of hydrogen-bond acceptors (Lipinski definition) is 5. The molecule has 0 amide bonds. The lowest BCUT2D eigenvalue weighted by Gasteiger charge is -2.25. The number of rotatable bonds is 8. The number of nitrogen functional groups attached to an aromatic ring is 1. The van der Waals surface area contributed by atoms with Gasteiger partial charge in [-0.2, -0.15) is 10.2 Å². The molecule has 1 heterocycles. The van der Waals surface area contributed by atoms with Crippen molar-refractivity contribution in [1.82, 2.24) is 4.98 Å². The van der Waals surface area contributed by atoms with Crippen molar-refractivity contribution in [3.63, 3.8) is 0 Å². The smallest absolute Gasteiger partial charge is 0.239 e. The van der Waals surface area contributed by atoms with Crippen LogP contribution in [0.5, 0.6) is 5.88 Å². The largest absolute Gasteiger partial charge is 0.476 e. The van der Waals surface area contributed by atoms with Gasteiger partial charge in [-0.3, -0.25) is 0 Å². The van der Waals surface area contributed by atoms with Gasteiger partial charge in [0.05, 0.1) is 24.8 Å². The summed E-state index contributed by atoms with van der Waals surface area (Å²) in [7, 11) is 0. The zero-order valence-corrected chi connectivity index (χ0v) is 12.6. The minimum absolute atomic E-state index is 0.476. The Morgan fingerprint density at radius 3 is 2.80 bits per heavy atom. The van der Waals surface area contributed by atoms with Gasteiger partial charge in [0, 0.05) is 13.1 Å². The summed E-state index contributed by atoms with van der Waals surface area (Å²) in [5.74, 6) is 1.79. The molecule has 2 N–H and O–H groups in total. The van der Waals surface area contributed by atoms with Crippen molar-refractivity contribution >= 4 is 11.5 Å². The van der Waals surface area contributed by atoms with Gasteiger partial charge in [-0.15, -0.1) is 0 Å². The second-order valence-electron chi connectivity index (χ2n) is 5.16. The van der Waals surface area contributed by atoms with Crippen molar-refractivity contribution in [1.29, 1.82) is 5.26 Å². The van der Waals surface area contributed by atoms with E-state index in [1.54, 1.807) is 0 Å². The van der Waals surface area contributed by atoms with Crippen LogP contribution in [0.4, 0.5) is 11.5 Å². The molecule has 5 nitrogen and oxygen atoms in total. The van der Waals surface area contributed by atoms with Gasteiger partial charge >= 0.3 is 0 Å². The Kier molecular flexibility index (Phi) is 6.65. The first kappa shape index (κ1) is 16.1. The second kappa shape index (κ2) is 8.26. The molecule has 0 saturated heterocycles. The number of nitrogens with zero attached hydrogens (tertiary/aromatic N) is 3. The third-order valence-corrected chi connectivity index (χ3v) is 2.72. The standard InChI is InChI=1S/C15H24N4O/c1-4-10-20-15-13(17)6-7-14(18-15)19(9-5-8-16)11-12(2)3/h6-7,12H,4-5,9-11,17H2,1-3H3. The van der Waals surface area contributed by atoms with E-state index in [1.807, 2.05) is 19.1 Å². The molecule has 1 aromatic rings. The maximum atomic E-state index is 8.77. The first-order chi connectivity index (χ1) is 9.58. The molecule has 110 valence electrons. The molecule has 0 aliphatic carbocycles. The van der Waals surface area contributed by atoms with Crippen LogP contribution in [-0.4, -0.2) is 24.7 Å². The average molecular weight is 276 g/mol. The minimum atomic E-state index is 0.476. The second-order valence-corrected chi connectivity index (χ2v) is 5.16. The zero-order valence-electron chi connectivity index (χ0n) is 12.6. The predicted molar refractivity (Wildman–Crippen MR) is 81.7 cm³/mol. The van der Waals surface area contributed by atoms with E-state index < -0.39 is 0 Å². The molecule has 0 unspecified atom stereocenters. The van der Waals surface area contributed by atoms with Gasteiger partial charge < -0.3 is 15.4 Å². The van der Waals surface area contributed by atoms with Gasteiger partial charge in [-0.1, -0.05) is 20.8 Å². The van der Waals surface area contributed by atoms with Crippen molar-refractivity contribution in [3.05, 3.63) is 12.1 Å². The van der Waals surface area contributed by atoms with E-state index in [0.717, 1.165) is 18.8 Å². The Bertz CT molecular complexity index is 454. The molecular weight excluding hydrogens is 252 g/mol. The molecule has 1 rings (SSSR count). The maximum Gasteiger partial charge on any atom is 0.239 e. The van der Waals surface area contributed by atoms with Crippen molar-refractivity contribution < 1.29 is 4.74 Å². The van der Waals surface area contributed by atoms with E-state index in [9.17, 15) is 0 Å². The number of nitriles is 1. The van der Waals surface area contributed by atoms with Gasteiger partial charge in [0.1, 0.15) is 5.82 Å². The number of ether oxygens (including phenoxy) is 1. The highest BCUT2D eigenvalue weighted by atomic mass is 16.5. The first-order valence-corrected chi connectivity index (χ1v) is 7.09. The molecule has 20 heavy (non-hydrogen) atoms. The summed E-state index contributed by atoms with van der Waals surface area (Å²) in [5.41, 5.74) is 6.42. The fourth-order valence-corrected chi connectivity index (χ4v) is 1.86. The Hall–Kier alpha value is -1.96. The summed E-state index contributed by atoms with van der Waals surface area (Å²) in [6.45, 7) is 8.45. The third kappa shape index (κ3) is 4.96. The molecular formula is C15H24N4O. The van der Waals surface area contributed by atoms with Gasteiger partial charge in [-0.05, 0) is 24.5 Å². The summed E-state index contributed by atoms with van der Waals surface area (Å²) >= 11 is 0. The quantitative estimate of drug-likeness (QED) is 0.790. The van der Waals surface area contributed by atoms with Crippen LogP contribution >= 0.6 is 0 Å².